The summed E-state index contributed by atoms with van der Waals surface area (Å²) in [6, 6.07) is 13.0. The lowest BCUT2D eigenvalue weighted by Crippen LogP contribution is -2.37. The van der Waals surface area contributed by atoms with Crippen LogP contribution in [0.2, 0.25) is 0 Å². The van der Waals surface area contributed by atoms with E-state index in [2.05, 4.69) is 10.3 Å². The molecule has 1 heterocycles. The van der Waals surface area contributed by atoms with Gasteiger partial charge in [-0.1, -0.05) is 25.1 Å². The molecule has 0 bridgehead atoms. The summed E-state index contributed by atoms with van der Waals surface area (Å²) < 4.78 is 10.8. The standard InChI is InChI=1S/C17H20N2O3/c1-3-15(22-14-7-5-4-6-8-14)17(20)19-12-13-9-10-18-16(11-13)21-2/h4-11,15H,3,12H2,1-2H3,(H,19,20). The molecule has 5 nitrogen and oxygen atoms in total. The fourth-order valence-corrected chi connectivity index (χ4v) is 1.96. The van der Waals surface area contributed by atoms with Gasteiger partial charge >= 0.3 is 0 Å². The molecular weight excluding hydrogens is 280 g/mol. The van der Waals surface area contributed by atoms with Gasteiger partial charge in [0.15, 0.2) is 6.10 Å². The molecule has 1 aromatic heterocycles. The summed E-state index contributed by atoms with van der Waals surface area (Å²) in [4.78, 5) is 16.3. The van der Waals surface area contributed by atoms with Crippen molar-refractivity contribution in [3.05, 3.63) is 54.2 Å². The second-order valence-electron chi connectivity index (χ2n) is 4.75. The Kier molecular flexibility index (Phi) is 5.77. The van der Waals surface area contributed by atoms with Crippen LogP contribution in [0.4, 0.5) is 0 Å². The van der Waals surface area contributed by atoms with Crippen molar-refractivity contribution in [3.8, 4) is 11.6 Å². The molecule has 0 aliphatic rings. The van der Waals surface area contributed by atoms with Crippen LogP contribution in [0.1, 0.15) is 18.9 Å². The fraction of sp³-hybridized carbons (Fsp3) is 0.294. The molecule has 22 heavy (non-hydrogen) atoms. The van der Waals surface area contributed by atoms with Crippen LogP contribution in [0, 0.1) is 0 Å². The molecule has 1 unspecified atom stereocenters. The Morgan fingerprint density at radius 1 is 1.27 bits per heavy atom. The lowest BCUT2D eigenvalue weighted by atomic mass is 10.2. The lowest BCUT2D eigenvalue weighted by molar-refractivity contribution is -0.128. The number of methoxy groups -OCH3 is 1. The Labute approximate surface area is 130 Å². The molecule has 1 aromatic carbocycles. The minimum absolute atomic E-state index is 0.137. The minimum Gasteiger partial charge on any atom is -0.481 e. The fourth-order valence-electron chi connectivity index (χ4n) is 1.96. The van der Waals surface area contributed by atoms with E-state index in [1.807, 2.05) is 43.3 Å². The van der Waals surface area contributed by atoms with Crippen molar-refractivity contribution in [2.45, 2.75) is 26.0 Å². The van der Waals surface area contributed by atoms with Crippen LogP contribution in [0.25, 0.3) is 0 Å². The first-order valence-electron chi connectivity index (χ1n) is 7.21. The van der Waals surface area contributed by atoms with Gasteiger partial charge in [-0.15, -0.1) is 0 Å². The van der Waals surface area contributed by atoms with Crippen molar-refractivity contribution in [2.24, 2.45) is 0 Å². The van der Waals surface area contributed by atoms with Crippen LogP contribution in [-0.2, 0) is 11.3 Å². The van der Waals surface area contributed by atoms with Gasteiger partial charge in [0.1, 0.15) is 5.75 Å². The van der Waals surface area contributed by atoms with Crippen molar-refractivity contribution < 1.29 is 14.3 Å². The number of rotatable bonds is 7. The molecular formula is C17H20N2O3. The number of hydrogen-bond donors (Lipinski definition) is 1. The average Bonchev–Trinajstić information content (AvgIpc) is 2.58. The van der Waals surface area contributed by atoms with Gasteiger partial charge in [0, 0.05) is 18.8 Å². The number of carbonyl (C=O) groups is 1. The van der Waals surface area contributed by atoms with E-state index in [1.54, 1.807) is 19.4 Å². The predicted octanol–water partition coefficient (Wildman–Crippen LogP) is 2.56. The Morgan fingerprint density at radius 2 is 2.05 bits per heavy atom. The summed E-state index contributed by atoms with van der Waals surface area (Å²) in [6.07, 6.45) is 1.74. The van der Waals surface area contributed by atoms with E-state index in [-0.39, 0.29) is 5.91 Å². The highest BCUT2D eigenvalue weighted by molar-refractivity contribution is 5.81. The number of pyridine rings is 1. The molecule has 0 aliphatic carbocycles. The van der Waals surface area contributed by atoms with E-state index in [0.717, 1.165) is 5.56 Å². The second kappa shape index (κ2) is 8.02. The zero-order valence-corrected chi connectivity index (χ0v) is 12.8. The monoisotopic (exact) mass is 300 g/mol. The number of hydrogen-bond acceptors (Lipinski definition) is 4. The Hall–Kier alpha value is -2.56. The molecule has 0 aliphatic heterocycles. The van der Waals surface area contributed by atoms with E-state index < -0.39 is 6.10 Å². The molecule has 1 atom stereocenters. The third kappa shape index (κ3) is 4.48. The maximum Gasteiger partial charge on any atom is 0.261 e. The van der Waals surface area contributed by atoms with Crippen molar-refractivity contribution in [1.82, 2.24) is 10.3 Å². The Bertz CT molecular complexity index is 602. The molecule has 0 fully saturated rings. The summed E-state index contributed by atoms with van der Waals surface area (Å²) in [5, 5.41) is 2.87. The summed E-state index contributed by atoms with van der Waals surface area (Å²) >= 11 is 0. The van der Waals surface area contributed by atoms with Crippen LogP contribution in [-0.4, -0.2) is 24.1 Å². The summed E-state index contributed by atoms with van der Waals surface area (Å²) in [6.45, 7) is 2.33. The number of carbonyl (C=O) groups excluding carboxylic acids is 1. The number of aromatic nitrogens is 1. The van der Waals surface area contributed by atoms with Crippen LogP contribution < -0.4 is 14.8 Å². The smallest absolute Gasteiger partial charge is 0.261 e. The highest BCUT2D eigenvalue weighted by Gasteiger charge is 2.17. The number of amides is 1. The largest absolute Gasteiger partial charge is 0.481 e. The van der Waals surface area contributed by atoms with Gasteiger partial charge in [-0.3, -0.25) is 4.79 Å². The molecule has 1 amide bonds. The molecule has 2 rings (SSSR count). The lowest BCUT2D eigenvalue weighted by Gasteiger charge is -2.17. The topological polar surface area (TPSA) is 60.5 Å². The van der Waals surface area contributed by atoms with E-state index in [1.165, 1.54) is 0 Å². The SMILES string of the molecule is CCC(Oc1ccccc1)C(=O)NCc1ccnc(OC)c1. The molecule has 2 aromatic rings. The van der Waals surface area contributed by atoms with E-state index >= 15 is 0 Å². The van der Waals surface area contributed by atoms with Crippen molar-refractivity contribution >= 4 is 5.91 Å². The molecule has 116 valence electrons. The maximum absolute atomic E-state index is 12.2. The van der Waals surface area contributed by atoms with Crippen LogP contribution >= 0.6 is 0 Å². The van der Waals surface area contributed by atoms with Crippen molar-refractivity contribution in [3.63, 3.8) is 0 Å². The van der Waals surface area contributed by atoms with Crippen molar-refractivity contribution in [2.75, 3.05) is 7.11 Å². The Morgan fingerprint density at radius 3 is 2.73 bits per heavy atom. The molecule has 0 saturated carbocycles. The molecule has 0 saturated heterocycles. The number of ether oxygens (including phenoxy) is 2. The predicted molar refractivity (Wildman–Crippen MR) is 83.8 cm³/mol. The number of nitrogens with zero attached hydrogens (tertiary/aromatic N) is 1. The van der Waals surface area contributed by atoms with E-state index in [9.17, 15) is 4.79 Å². The van der Waals surface area contributed by atoms with Gasteiger partial charge < -0.3 is 14.8 Å². The molecule has 0 spiro atoms. The summed E-state index contributed by atoms with van der Waals surface area (Å²) in [5.41, 5.74) is 0.926. The highest BCUT2D eigenvalue weighted by atomic mass is 16.5. The first kappa shape index (κ1) is 15.8. The van der Waals surface area contributed by atoms with Crippen molar-refractivity contribution in [1.29, 1.82) is 0 Å². The van der Waals surface area contributed by atoms with Crippen LogP contribution in [0.3, 0.4) is 0 Å². The average molecular weight is 300 g/mol. The van der Waals surface area contributed by atoms with Gasteiger partial charge in [-0.2, -0.15) is 0 Å². The Balaban J connectivity index is 1.91. The van der Waals surface area contributed by atoms with Crippen LogP contribution in [0.5, 0.6) is 11.6 Å². The maximum atomic E-state index is 12.2. The molecule has 0 radical (unpaired) electrons. The third-order valence-electron chi connectivity index (χ3n) is 3.16. The van der Waals surface area contributed by atoms with Gasteiger partial charge in [0.25, 0.3) is 5.91 Å². The quantitative estimate of drug-likeness (QED) is 0.853. The normalized spacial score (nSPS) is 11.5. The molecule has 1 N–H and O–H groups in total. The number of benzene rings is 1. The zero-order chi connectivity index (χ0) is 15.8. The van der Waals surface area contributed by atoms with Gasteiger partial charge in [0.05, 0.1) is 7.11 Å². The highest BCUT2D eigenvalue weighted by Crippen LogP contribution is 2.13. The zero-order valence-electron chi connectivity index (χ0n) is 12.8. The summed E-state index contributed by atoms with van der Waals surface area (Å²) in [7, 11) is 1.56. The first-order valence-corrected chi connectivity index (χ1v) is 7.21. The summed E-state index contributed by atoms with van der Waals surface area (Å²) in [5.74, 6) is 1.08. The number of nitrogens with one attached hydrogen (secondary N) is 1. The molecule has 5 heteroatoms. The van der Waals surface area contributed by atoms with E-state index in [0.29, 0.717) is 24.6 Å². The number of para-hydroxylation sites is 1. The third-order valence-corrected chi connectivity index (χ3v) is 3.16. The van der Waals surface area contributed by atoms with Gasteiger partial charge in [0.2, 0.25) is 5.88 Å². The van der Waals surface area contributed by atoms with E-state index in [4.69, 9.17) is 9.47 Å². The minimum atomic E-state index is -0.508. The first-order chi connectivity index (χ1) is 10.7. The van der Waals surface area contributed by atoms with Gasteiger partial charge in [-0.05, 0) is 30.2 Å². The van der Waals surface area contributed by atoms with Crippen LogP contribution in [0.15, 0.2) is 48.7 Å². The van der Waals surface area contributed by atoms with Gasteiger partial charge in [-0.25, -0.2) is 4.98 Å². The second-order valence-corrected chi connectivity index (χ2v) is 4.75.